The van der Waals surface area contributed by atoms with Crippen molar-refractivity contribution in [2.75, 3.05) is 78.9 Å². The number of imide groups is 2. The van der Waals surface area contributed by atoms with Crippen LogP contribution in [0.15, 0.2) is 54.7 Å². The first-order valence-electron chi connectivity index (χ1n) is 20.5. The summed E-state index contributed by atoms with van der Waals surface area (Å²) < 4.78 is 40.4. The zero-order valence-electron chi connectivity index (χ0n) is 33.0. The number of anilines is 4. The maximum absolute atomic E-state index is 13.5. The minimum atomic E-state index is -4.62. The van der Waals surface area contributed by atoms with Crippen LogP contribution in [0.2, 0.25) is 0 Å². The molecule has 17 heteroatoms. The summed E-state index contributed by atoms with van der Waals surface area (Å²) in [4.78, 5) is 80.8. The molecule has 5 aliphatic rings. The van der Waals surface area contributed by atoms with E-state index in [0.29, 0.717) is 48.9 Å². The number of hydrogen-bond acceptors (Lipinski definition) is 10. The predicted molar refractivity (Wildman–Crippen MR) is 217 cm³/mol. The van der Waals surface area contributed by atoms with E-state index in [2.05, 4.69) is 35.2 Å². The van der Waals surface area contributed by atoms with E-state index in [9.17, 15) is 37.1 Å². The fourth-order valence-corrected chi connectivity index (χ4v) is 9.05. The molecular weight excluding hydrogens is 780 g/mol. The van der Waals surface area contributed by atoms with Gasteiger partial charge in [-0.2, -0.15) is 13.2 Å². The van der Waals surface area contributed by atoms with Crippen LogP contribution < -0.4 is 25.3 Å². The summed E-state index contributed by atoms with van der Waals surface area (Å²) >= 11 is 0. The largest absolute Gasteiger partial charge is 0.407 e. The van der Waals surface area contributed by atoms with Crippen molar-refractivity contribution in [2.24, 2.45) is 11.8 Å². The molecule has 5 amide bonds. The number of aromatic nitrogens is 1. The SMILES string of the molecule is [C-]#[N+]c1ccc(N2CCC(C(=O)Nc3ccc(N4CCC(CCN5CCN(c6ccc7c(c6)C(=O)N(C6CCC(=O)NC6=O)C7=O)CC5)CC4)cn3)CC2)cc1C(F)(F)F. The number of amides is 5. The number of halogens is 3. The van der Waals surface area contributed by atoms with E-state index in [1.807, 2.05) is 23.1 Å². The number of pyridine rings is 1. The van der Waals surface area contributed by atoms with Gasteiger partial charge in [-0.1, -0.05) is 6.07 Å². The first-order chi connectivity index (χ1) is 28.9. The standard InChI is InChI=1S/C43H46F3N9O5/c1-47-35-6-3-30(25-34(35)43(44,45)46)52-18-13-28(14-19-52)39(57)49-37-8-4-31(26-48-37)53-16-11-27(12-17-53)10-15-51-20-22-54(23-21-51)29-2-5-32-33(24-29)42(60)55(41(32)59)36-7-9-38(56)50-40(36)58/h2-6,8,24-28,36H,7,9-23H2,(H,48,49,57)(H,50,56,58). The van der Waals surface area contributed by atoms with Crippen LogP contribution >= 0.6 is 0 Å². The second-order valence-electron chi connectivity index (χ2n) is 16.2. The number of fused-ring (bicyclic) bond motifs is 1. The molecule has 2 aromatic carbocycles. The number of nitrogens with one attached hydrogen (secondary N) is 2. The minimum Gasteiger partial charge on any atom is -0.372 e. The molecule has 0 aliphatic carbocycles. The highest BCUT2D eigenvalue weighted by Crippen LogP contribution is 2.39. The summed E-state index contributed by atoms with van der Waals surface area (Å²) in [5.41, 5.74) is 1.46. The van der Waals surface area contributed by atoms with Crippen LogP contribution in [0.25, 0.3) is 4.85 Å². The zero-order chi connectivity index (χ0) is 42.1. The Hall–Kier alpha value is -6.02. The van der Waals surface area contributed by atoms with Crippen molar-refractivity contribution in [1.29, 1.82) is 0 Å². The van der Waals surface area contributed by atoms with Crippen LogP contribution in [0.4, 0.5) is 41.7 Å². The van der Waals surface area contributed by atoms with Crippen LogP contribution in [0.1, 0.15) is 71.2 Å². The molecule has 6 heterocycles. The Balaban J connectivity index is 0.745. The number of rotatable bonds is 9. The molecule has 0 spiro atoms. The first-order valence-corrected chi connectivity index (χ1v) is 20.5. The van der Waals surface area contributed by atoms with Crippen LogP contribution in [-0.2, 0) is 20.6 Å². The maximum Gasteiger partial charge on any atom is 0.407 e. The Morgan fingerprint density at radius 1 is 0.783 bits per heavy atom. The van der Waals surface area contributed by atoms with Crippen LogP contribution in [0.5, 0.6) is 0 Å². The second-order valence-corrected chi connectivity index (χ2v) is 16.2. The fraction of sp³-hybridized carbons (Fsp3) is 0.465. The first kappa shape index (κ1) is 40.7. The lowest BCUT2D eigenvalue weighted by Gasteiger charge is -2.38. The molecule has 8 rings (SSSR count). The number of benzene rings is 2. The molecule has 60 heavy (non-hydrogen) atoms. The highest BCUT2D eigenvalue weighted by atomic mass is 19.4. The lowest BCUT2D eigenvalue weighted by atomic mass is 9.93. The Morgan fingerprint density at radius 3 is 2.08 bits per heavy atom. The van der Waals surface area contributed by atoms with Gasteiger partial charge in [-0.05, 0) is 93.5 Å². The molecule has 2 N–H and O–H groups in total. The van der Waals surface area contributed by atoms with Gasteiger partial charge in [-0.3, -0.25) is 39.1 Å². The minimum absolute atomic E-state index is 0.0801. The fourth-order valence-electron chi connectivity index (χ4n) is 9.05. The Labute approximate surface area is 345 Å². The quantitative estimate of drug-likeness (QED) is 0.215. The third-order valence-corrected chi connectivity index (χ3v) is 12.6. The number of carbonyl (C=O) groups is 5. The summed E-state index contributed by atoms with van der Waals surface area (Å²) in [6, 6.07) is 11.8. The Bertz CT molecular complexity index is 2200. The van der Waals surface area contributed by atoms with Crippen molar-refractivity contribution in [3.8, 4) is 0 Å². The third kappa shape index (κ3) is 8.51. The monoisotopic (exact) mass is 825 g/mol. The molecular formula is C43H46F3N9O5. The van der Waals surface area contributed by atoms with Crippen molar-refractivity contribution < 1.29 is 37.1 Å². The molecule has 314 valence electrons. The Morgan fingerprint density at radius 2 is 1.42 bits per heavy atom. The summed E-state index contributed by atoms with van der Waals surface area (Å²) in [5, 5.41) is 5.14. The number of alkyl halides is 3. The third-order valence-electron chi connectivity index (χ3n) is 12.6. The van der Waals surface area contributed by atoms with Gasteiger partial charge in [-0.15, -0.1) is 0 Å². The number of carbonyl (C=O) groups excluding carboxylic acids is 5. The van der Waals surface area contributed by atoms with Crippen molar-refractivity contribution in [3.63, 3.8) is 0 Å². The lowest BCUT2D eigenvalue weighted by molar-refractivity contribution is -0.137. The van der Waals surface area contributed by atoms with Crippen molar-refractivity contribution in [3.05, 3.63) is 82.8 Å². The normalized spacial score (nSPS) is 20.9. The van der Waals surface area contributed by atoms with Crippen molar-refractivity contribution >= 4 is 58.1 Å². The maximum atomic E-state index is 13.5. The molecule has 0 saturated carbocycles. The van der Waals surface area contributed by atoms with Gasteiger partial charge in [0, 0.05) is 76.1 Å². The highest BCUT2D eigenvalue weighted by molar-refractivity contribution is 6.23. The van der Waals surface area contributed by atoms with Gasteiger partial charge >= 0.3 is 6.18 Å². The summed E-state index contributed by atoms with van der Waals surface area (Å²) in [7, 11) is 0. The van der Waals surface area contributed by atoms with Gasteiger partial charge in [0.05, 0.1) is 35.1 Å². The van der Waals surface area contributed by atoms with E-state index in [1.54, 1.807) is 18.3 Å². The van der Waals surface area contributed by atoms with Crippen molar-refractivity contribution in [1.82, 2.24) is 20.1 Å². The van der Waals surface area contributed by atoms with Gasteiger partial charge in [0.2, 0.25) is 17.7 Å². The summed E-state index contributed by atoms with van der Waals surface area (Å²) in [6.45, 7) is 14.1. The molecule has 1 atom stereocenters. The highest BCUT2D eigenvalue weighted by Gasteiger charge is 2.45. The van der Waals surface area contributed by atoms with E-state index in [0.717, 1.165) is 87.4 Å². The van der Waals surface area contributed by atoms with E-state index in [4.69, 9.17) is 6.57 Å². The van der Waals surface area contributed by atoms with E-state index in [-0.39, 0.29) is 30.2 Å². The average Bonchev–Trinajstić information content (AvgIpc) is 3.50. The Kier molecular flexibility index (Phi) is 11.5. The van der Waals surface area contributed by atoms with Crippen LogP contribution in [0, 0.1) is 18.4 Å². The van der Waals surface area contributed by atoms with Gasteiger partial charge in [0.25, 0.3) is 11.8 Å². The predicted octanol–water partition coefficient (Wildman–Crippen LogP) is 5.34. The molecule has 4 saturated heterocycles. The number of nitrogens with zero attached hydrogens (tertiary/aromatic N) is 7. The molecule has 14 nitrogen and oxygen atoms in total. The lowest BCUT2D eigenvalue weighted by Crippen LogP contribution is -2.54. The van der Waals surface area contributed by atoms with Gasteiger partial charge in [-0.25, -0.2) is 9.83 Å². The van der Waals surface area contributed by atoms with Gasteiger partial charge < -0.3 is 20.0 Å². The number of piperidine rings is 3. The summed E-state index contributed by atoms with van der Waals surface area (Å²) in [5.74, 6) is -1.41. The van der Waals surface area contributed by atoms with Gasteiger partial charge in [0.1, 0.15) is 11.9 Å². The smallest absolute Gasteiger partial charge is 0.372 e. The number of hydrogen-bond donors (Lipinski definition) is 2. The number of piperazine rings is 1. The molecule has 5 aliphatic heterocycles. The topological polar surface area (TPSA) is 143 Å². The van der Waals surface area contributed by atoms with Crippen molar-refractivity contribution in [2.45, 2.75) is 57.2 Å². The zero-order valence-corrected chi connectivity index (χ0v) is 33.0. The van der Waals surface area contributed by atoms with Crippen LogP contribution in [-0.4, -0.2) is 109 Å². The van der Waals surface area contributed by atoms with E-state index >= 15 is 0 Å². The van der Waals surface area contributed by atoms with E-state index in [1.165, 1.54) is 12.1 Å². The molecule has 0 radical (unpaired) electrons. The second kappa shape index (κ2) is 16.9. The molecule has 1 unspecified atom stereocenters. The van der Waals surface area contributed by atoms with E-state index < -0.39 is 47.1 Å². The molecule has 1 aromatic heterocycles. The molecule has 0 bridgehead atoms. The molecule has 4 fully saturated rings. The van der Waals surface area contributed by atoms with Crippen LogP contribution in [0.3, 0.4) is 0 Å². The molecule has 3 aromatic rings. The summed E-state index contributed by atoms with van der Waals surface area (Å²) in [6.07, 6.45) is 1.57. The van der Waals surface area contributed by atoms with Gasteiger partial charge in [0.15, 0.2) is 5.69 Å². The average molecular weight is 826 g/mol.